The molecule has 0 aromatic heterocycles. The normalized spacial score (nSPS) is 16.6. The molecule has 0 radical (unpaired) electrons. The molecule has 0 atom stereocenters. The maximum Gasteiger partial charge on any atom is 0.223 e. The van der Waals surface area contributed by atoms with Gasteiger partial charge in [0.2, 0.25) is 5.91 Å². The minimum absolute atomic E-state index is 0.0563. The summed E-state index contributed by atoms with van der Waals surface area (Å²) in [7, 11) is -3.08. The molecule has 0 spiro atoms. The van der Waals surface area contributed by atoms with E-state index in [1.54, 1.807) is 4.90 Å². The smallest absolute Gasteiger partial charge is 0.223 e. The van der Waals surface area contributed by atoms with Gasteiger partial charge in [0.25, 0.3) is 0 Å². The molecule has 1 saturated carbocycles. The van der Waals surface area contributed by atoms with Gasteiger partial charge in [0, 0.05) is 31.9 Å². The molecule has 1 amide bonds. The number of carbonyl (C=O) groups excluding carboxylic acids is 1. The zero-order valence-corrected chi connectivity index (χ0v) is 11.1. The molecule has 0 unspecified atom stereocenters. The Labute approximate surface area is 103 Å². The number of carbonyl (C=O) groups is 1. The summed E-state index contributed by atoms with van der Waals surface area (Å²) in [6, 6.07) is 0.258. The van der Waals surface area contributed by atoms with E-state index in [9.17, 15) is 13.2 Å². The molecule has 0 saturated heterocycles. The van der Waals surface area contributed by atoms with Crippen LogP contribution in [0.4, 0.5) is 0 Å². The second-order valence-electron chi connectivity index (χ2n) is 4.63. The van der Waals surface area contributed by atoms with Crippen LogP contribution in [-0.4, -0.2) is 55.5 Å². The predicted molar refractivity (Wildman–Crippen MR) is 65.4 cm³/mol. The lowest BCUT2D eigenvalue weighted by atomic mass is 9.91. The fourth-order valence-electron chi connectivity index (χ4n) is 1.87. The monoisotopic (exact) mass is 263 g/mol. The summed E-state index contributed by atoms with van der Waals surface area (Å²) in [5.74, 6) is -0.192. The quantitative estimate of drug-likeness (QED) is 0.711. The Morgan fingerprint density at radius 1 is 1.41 bits per heavy atom. The predicted octanol–water partition coefficient (Wildman–Crippen LogP) is 0.185. The first-order valence-corrected chi connectivity index (χ1v) is 8.08. The molecule has 0 heterocycles. The maximum absolute atomic E-state index is 11.9. The lowest BCUT2D eigenvalue weighted by Crippen LogP contribution is -2.45. The third kappa shape index (κ3) is 5.04. The molecule has 0 aromatic rings. The highest BCUT2D eigenvalue weighted by atomic mass is 32.2. The largest absolute Gasteiger partial charge is 0.396 e. The molecule has 1 N–H and O–H groups in total. The average molecular weight is 263 g/mol. The van der Waals surface area contributed by atoms with Crippen molar-refractivity contribution in [2.24, 2.45) is 0 Å². The molecule has 1 rings (SSSR count). The number of amides is 1. The van der Waals surface area contributed by atoms with Crippen molar-refractivity contribution in [2.45, 2.75) is 38.1 Å². The van der Waals surface area contributed by atoms with Crippen LogP contribution < -0.4 is 0 Å². The second-order valence-corrected chi connectivity index (χ2v) is 6.89. The molecule has 0 aromatic carbocycles. The Hall–Kier alpha value is -0.620. The van der Waals surface area contributed by atoms with Crippen molar-refractivity contribution in [3.8, 4) is 0 Å². The summed E-state index contributed by atoms with van der Waals surface area (Å²) in [5, 5.41) is 8.79. The molecule has 100 valence electrons. The summed E-state index contributed by atoms with van der Waals surface area (Å²) in [4.78, 5) is 13.7. The van der Waals surface area contributed by atoms with Crippen LogP contribution in [0.1, 0.15) is 32.1 Å². The van der Waals surface area contributed by atoms with Crippen molar-refractivity contribution < 1.29 is 18.3 Å². The van der Waals surface area contributed by atoms with Gasteiger partial charge in [0.1, 0.15) is 9.84 Å². The van der Waals surface area contributed by atoms with Crippen LogP contribution in [0.3, 0.4) is 0 Å². The standard InChI is InChI=1S/C11H21NO4S/c1-17(15,16)9-6-11(14)12(7-3-8-13)10-4-2-5-10/h10,13H,2-9H2,1H3. The molecule has 17 heavy (non-hydrogen) atoms. The molecular formula is C11H21NO4S. The summed E-state index contributed by atoms with van der Waals surface area (Å²) < 4.78 is 22.0. The van der Waals surface area contributed by atoms with Crippen molar-refractivity contribution in [2.75, 3.05) is 25.2 Å². The van der Waals surface area contributed by atoms with Crippen LogP contribution in [0.5, 0.6) is 0 Å². The molecule has 0 bridgehead atoms. The van der Waals surface area contributed by atoms with E-state index in [0.717, 1.165) is 25.5 Å². The van der Waals surface area contributed by atoms with Gasteiger partial charge in [-0.05, 0) is 25.7 Å². The van der Waals surface area contributed by atoms with E-state index in [1.807, 2.05) is 0 Å². The Morgan fingerprint density at radius 3 is 2.47 bits per heavy atom. The second kappa shape index (κ2) is 6.35. The number of aliphatic hydroxyl groups excluding tert-OH is 1. The van der Waals surface area contributed by atoms with Crippen LogP contribution in [0.25, 0.3) is 0 Å². The van der Waals surface area contributed by atoms with Crippen molar-refractivity contribution >= 4 is 15.7 Å². The van der Waals surface area contributed by atoms with Gasteiger partial charge in [0.05, 0.1) is 5.75 Å². The average Bonchev–Trinajstić information content (AvgIpc) is 2.16. The first kappa shape index (κ1) is 14.4. The van der Waals surface area contributed by atoms with E-state index in [2.05, 4.69) is 0 Å². The summed E-state index contributed by atoms with van der Waals surface area (Å²) in [6.07, 6.45) is 4.87. The van der Waals surface area contributed by atoms with Gasteiger partial charge < -0.3 is 10.0 Å². The van der Waals surface area contributed by atoms with Crippen molar-refractivity contribution in [1.29, 1.82) is 0 Å². The highest BCUT2D eigenvalue weighted by molar-refractivity contribution is 7.90. The number of rotatable bonds is 7. The van der Waals surface area contributed by atoms with Crippen LogP contribution >= 0.6 is 0 Å². The topological polar surface area (TPSA) is 74.7 Å². The Balaban J connectivity index is 2.47. The van der Waals surface area contributed by atoms with Gasteiger partial charge in [0.15, 0.2) is 0 Å². The number of nitrogens with zero attached hydrogens (tertiary/aromatic N) is 1. The zero-order valence-electron chi connectivity index (χ0n) is 10.3. The van der Waals surface area contributed by atoms with E-state index in [-0.39, 0.29) is 30.7 Å². The third-order valence-electron chi connectivity index (χ3n) is 3.08. The summed E-state index contributed by atoms with van der Waals surface area (Å²) in [6.45, 7) is 0.590. The van der Waals surface area contributed by atoms with Crippen LogP contribution in [0.15, 0.2) is 0 Å². The van der Waals surface area contributed by atoms with E-state index in [0.29, 0.717) is 13.0 Å². The lowest BCUT2D eigenvalue weighted by Gasteiger charge is -2.37. The van der Waals surface area contributed by atoms with Crippen LogP contribution in [-0.2, 0) is 14.6 Å². The van der Waals surface area contributed by atoms with Crippen molar-refractivity contribution in [1.82, 2.24) is 4.90 Å². The molecule has 1 aliphatic carbocycles. The molecule has 1 aliphatic rings. The SMILES string of the molecule is CS(=O)(=O)CCC(=O)N(CCCO)C1CCC1. The first-order valence-electron chi connectivity index (χ1n) is 6.02. The molecule has 6 heteroatoms. The maximum atomic E-state index is 11.9. The fraction of sp³-hybridized carbons (Fsp3) is 0.909. The number of aliphatic hydroxyl groups is 1. The zero-order chi connectivity index (χ0) is 12.9. The minimum atomic E-state index is -3.08. The molecule has 0 aliphatic heterocycles. The van der Waals surface area contributed by atoms with E-state index in [4.69, 9.17) is 5.11 Å². The lowest BCUT2D eigenvalue weighted by molar-refractivity contribution is -0.135. The van der Waals surface area contributed by atoms with Crippen molar-refractivity contribution in [3.05, 3.63) is 0 Å². The van der Waals surface area contributed by atoms with Gasteiger partial charge in [-0.15, -0.1) is 0 Å². The number of hydrogen-bond acceptors (Lipinski definition) is 4. The fourth-order valence-corrected chi connectivity index (χ4v) is 2.41. The van der Waals surface area contributed by atoms with E-state index >= 15 is 0 Å². The van der Waals surface area contributed by atoms with Gasteiger partial charge in [-0.2, -0.15) is 0 Å². The van der Waals surface area contributed by atoms with Crippen LogP contribution in [0.2, 0.25) is 0 Å². The first-order chi connectivity index (χ1) is 7.94. The molecule has 1 fully saturated rings. The summed E-state index contributed by atoms with van der Waals surface area (Å²) >= 11 is 0. The van der Waals surface area contributed by atoms with Crippen molar-refractivity contribution in [3.63, 3.8) is 0 Å². The number of sulfone groups is 1. The van der Waals surface area contributed by atoms with E-state index < -0.39 is 9.84 Å². The van der Waals surface area contributed by atoms with Gasteiger partial charge in [-0.25, -0.2) is 8.42 Å². The Morgan fingerprint density at radius 2 is 2.06 bits per heavy atom. The highest BCUT2D eigenvalue weighted by Gasteiger charge is 2.28. The highest BCUT2D eigenvalue weighted by Crippen LogP contribution is 2.25. The van der Waals surface area contributed by atoms with E-state index in [1.165, 1.54) is 0 Å². The third-order valence-corrected chi connectivity index (χ3v) is 4.03. The van der Waals surface area contributed by atoms with Crippen LogP contribution in [0, 0.1) is 0 Å². The Kier molecular flexibility index (Phi) is 5.39. The Bertz CT molecular complexity index is 348. The molecule has 5 nitrogen and oxygen atoms in total. The minimum Gasteiger partial charge on any atom is -0.396 e. The van der Waals surface area contributed by atoms with Gasteiger partial charge >= 0.3 is 0 Å². The van der Waals surface area contributed by atoms with Gasteiger partial charge in [-0.1, -0.05) is 0 Å². The summed E-state index contributed by atoms with van der Waals surface area (Å²) in [5.41, 5.74) is 0. The molecular weight excluding hydrogens is 242 g/mol. The number of hydrogen-bond donors (Lipinski definition) is 1. The van der Waals surface area contributed by atoms with Gasteiger partial charge in [-0.3, -0.25) is 4.79 Å².